The van der Waals surface area contributed by atoms with E-state index in [0.29, 0.717) is 19.6 Å². The molecule has 0 aromatic rings. The van der Waals surface area contributed by atoms with Crippen LogP contribution in [-0.2, 0) is 0 Å². The van der Waals surface area contributed by atoms with Gasteiger partial charge in [0.25, 0.3) is 0 Å². The van der Waals surface area contributed by atoms with Gasteiger partial charge in [-0.25, -0.2) is 4.90 Å². The van der Waals surface area contributed by atoms with Gasteiger partial charge in [0.05, 0.1) is 6.54 Å². The van der Waals surface area contributed by atoms with Crippen LogP contribution in [0.2, 0.25) is 0 Å². The Kier molecular flexibility index (Phi) is 6.41. The minimum atomic E-state index is -2.66. The standard InChI is InChI=1S/C10H20F2N2.C2H6/c1-9(2,3)4-6-14-7-5-13-8-10(14,11)12;1-2/h13H,4-8H2,1-3H3;1-2H3. The van der Waals surface area contributed by atoms with Gasteiger partial charge in [-0.2, -0.15) is 8.78 Å². The first-order valence-electron chi connectivity index (χ1n) is 6.15. The van der Waals surface area contributed by atoms with Crippen LogP contribution in [0.3, 0.4) is 0 Å². The highest BCUT2D eigenvalue weighted by molar-refractivity contribution is 4.79. The molecule has 98 valence electrons. The monoisotopic (exact) mass is 236 g/mol. The fourth-order valence-electron chi connectivity index (χ4n) is 1.47. The summed E-state index contributed by atoms with van der Waals surface area (Å²) in [6.45, 7) is 11.6. The van der Waals surface area contributed by atoms with Crippen LogP contribution in [0, 0.1) is 5.41 Å². The van der Waals surface area contributed by atoms with E-state index < -0.39 is 6.05 Å². The number of halogens is 2. The lowest BCUT2D eigenvalue weighted by molar-refractivity contribution is -0.158. The minimum absolute atomic E-state index is 0.126. The molecule has 0 saturated carbocycles. The molecule has 0 unspecified atom stereocenters. The van der Waals surface area contributed by atoms with Gasteiger partial charge in [0.2, 0.25) is 0 Å². The van der Waals surface area contributed by atoms with Crippen molar-refractivity contribution < 1.29 is 8.78 Å². The van der Waals surface area contributed by atoms with E-state index in [0.717, 1.165) is 6.42 Å². The van der Waals surface area contributed by atoms with Crippen LogP contribution < -0.4 is 5.32 Å². The molecule has 1 fully saturated rings. The molecule has 2 nitrogen and oxygen atoms in total. The second kappa shape index (κ2) is 6.50. The van der Waals surface area contributed by atoms with Crippen molar-refractivity contribution in [3.8, 4) is 0 Å². The molecule has 0 atom stereocenters. The highest BCUT2D eigenvalue weighted by Gasteiger charge is 2.39. The third-order valence-corrected chi connectivity index (χ3v) is 2.49. The average Bonchev–Trinajstić information content (AvgIpc) is 2.17. The lowest BCUT2D eigenvalue weighted by Crippen LogP contribution is -2.56. The van der Waals surface area contributed by atoms with E-state index in [4.69, 9.17) is 0 Å². The molecule has 1 N–H and O–H groups in total. The van der Waals surface area contributed by atoms with Crippen molar-refractivity contribution in [2.45, 2.75) is 47.1 Å². The zero-order valence-electron chi connectivity index (χ0n) is 11.2. The van der Waals surface area contributed by atoms with E-state index in [1.807, 2.05) is 13.8 Å². The molecule has 16 heavy (non-hydrogen) atoms. The predicted molar refractivity (Wildman–Crippen MR) is 64.8 cm³/mol. The summed E-state index contributed by atoms with van der Waals surface area (Å²) in [5.74, 6) is 0. The first-order valence-corrected chi connectivity index (χ1v) is 6.15. The van der Waals surface area contributed by atoms with Crippen molar-refractivity contribution in [3.63, 3.8) is 0 Å². The maximum Gasteiger partial charge on any atom is 0.317 e. The summed E-state index contributed by atoms with van der Waals surface area (Å²) in [4.78, 5) is 1.29. The maximum absolute atomic E-state index is 13.3. The van der Waals surface area contributed by atoms with Gasteiger partial charge >= 0.3 is 6.05 Å². The van der Waals surface area contributed by atoms with Crippen LogP contribution in [0.5, 0.6) is 0 Å². The summed E-state index contributed by atoms with van der Waals surface area (Å²) >= 11 is 0. The molecule has 0 aromatic carbocycles. The Bertz CT molecular complexity index is 188. The van der Waals surface area contributed by atoms with Gasteiger partial charge in [-0.05, 0) is 11.8 Å². The summed E-state index contributed by atoms with van der Waals surface area (Å²) in [5, 5.41) is 2.71. The smallest absolute Gasteiger partial charge is 0.309 e. The highest BCUT2D eigenvalue weighted by atomic mass is 19.3. The molecule has 0 radical (unpaired) electrons. The van der Waals surface area contributed by atoms with Gasteiger partial charge in [0.1, 0.15) is 0 Å². The van der Waals surface area contributed by atoms with Crippen LogP contribution in [0.4, 0.5) is 8.78 Å². The Hall–Kier alpha value is -0.220. The molecule has 1 saturated heterocycles. The molecule has 1 aliphatic heterocycles. The van der Waals surface area contributed by atoms with Crippen molar-refractivity contribution in [1.29, 1.82) is 0 Å². The number of alkyl halides is 2. The lowest BCUT2D eigenvalue weighted by atomic mass is 9.92. The molecule has 1 heterocycles. The topological polar surface area (TPSA) is 15.3 Å². The first kappa shape index (κ1) is 15.8. The van der Waals surface area contributed by atoms with Gasteiger partial charge < -0.3 is 5.32 Å². The van der Waals surface area contributed by atoms with Crippen LogP contribution >= 0.6 is 0 Å². The Morgan fingerprint density at radius 3 is 2.25 bits per heavy atom. The van der Waals surface area contributed by atoms with Crippen LogP contribution in [0.15, 0.2) is 0 Å². The van der Waals surface area contributed by atoms with Gasteiger partial charge in [-0.3, -0.25) is 0 Å². The summed E-state index contributed by atoms with van der Waals surface area (Å²) in [5.41, 5.74) is 0.126. The third kappa shape index (κ3) is 5.75. The maximum atomic E-state index is 13.3. The fourth-order valence-corrected chi connectivity index (χ4v) is 1.47. The third-order valence-electron chi connectivity index (χ3n) is 2.49. The van der Waals surface area contributed by atoms with Crippen LogP contribution in [0.1, 0.15) is 41.0 Å². The molecule has 0 spiro atoms. The Morgan fingerprint density at radius 2 is 1.81 bits per heavy atom. The van der Waals surface area contributed by atoms with Crippen molar-refractivity contribution >= 4 is 0 Å². The van der Waals surface area contributed by atoms with E-state index >= 15 is 0 Å². The second-order valence-corrected chi connectivity index (χ2v) is 5.14. The van der Waals surface area contributed by atoms with Gasteiger partial charge in [-0.15, -0.1) is 0 Å². The Labute approximate surface area is 98.4 Å². The molecule has 1 rings (SSSR count). The largest absolute Gasteiger partial charge is 0.317 e. The summed E-state index contributed by atoms with van der Waals surface area (Å²) in [7, 11) is 0. The zero-order chi connectivity index (χ0) is 12.8. The first-order chi connectivity index (χ1) is 7.31. The van der Waals surface area contributed by atoms with E-state index in [-0.39, 0.29) is 12.0 Å². The molecule has 0 bridgehead atoms. The van der Waals surface area contributed by atoms with Gasteiger partial charge in [0.15, 0.2) is 0 Å². The summed E-state index contributed by atoms with van der Waals surface area (Å²) in [6.07, 6.45) is 0.808. The van der Waals surface area contributed by atoms with Crippen LogP contribution in [-0.4, -0.2) is 37.1 Å². The van der Waals surface area contributed by atoms with E-state index in [9.17, 15) is 8.78 Å². The summed E-state index contributed by atoms with van der Waals surface area (Å²) in [6, 6.07) is -2.66. The van der Waals surface area contributed by atoms with Crippen molar-refractivity contribution in [2.75, 3.05) is 26.2 Å². The molecule has 0 amide bonds. The number of hydrogen-bond acceptors (Lipinski definition) is 2. The predicted octanol–water partition coefficient (Wildman–Crippen LogP) is 2.95. The van der Waals surface area contributed by atoms with Crippen molar-refractivity contribution in [2.24, 2.45) is 5.41 Å². The van der Waals surface area contributed by atoms with E-state index in [1.54, 1.807) is 0 Å². The Morgan fingerprint density at radius 1 is 1.25 bits per heavy atom. The van der Waals surface area contributed by atoms with Gasteiger partial charge in [-0.1, -0.05) is 34.6 Å². The van der Waals surface area contributed by atoms with Gasteiger partial charge in [0, 0.05) is 19.6 Å². The minimum Gasteiger partial charge on any atom is -0.309 e. The molecule has 1 aliphatic rings. The van der Waals surface area contributed by atoms with Crippen molar-refractivity contribution in [3.05, 3.63) is 0 Å². The molecule has 4 heteroatoms. The number of rotatable bonds is 2. The highest BCUT2D eigenvalue weighted by Crippen LogP contribution is 2.25. The quantitative estimate of drug-likeness (QED) is 0.742. The zero-order valence-corrected chi connectivity index (χ0v) is 11.2. The van der Waals surface area contributed by atoms with Crippen LogP contribution in [0.25, 0.3) is 0 Å². The SMILES string of the molecule is CC.CC(C)(C)CCN1CCNCC1(F)F. The lowest BCUT2D eigenvalue weighted by Gasteiger charge is -2.36. The molecule has 0 aromatic heterocycles. The van der Waals surface area contributed by atoms with E-state index in [1.165, 1.54) is 4.90 Å². The summed E-state index contributed by atoms with van der Waals surface area (Å²) < 4.78 is 26.6. The molecular formula is C12H26F2N2. The van der Waals surface area contributed by atoms with E-state index in [2.05, 4.69) is 26.1 Å². The number of piperazine rings is 1. The molecular weight excluding hydrogens is 210 g/mol. The second-order valence-electron chi connectivity index (χ2n) is 5.14. The Balaban J connectivity index is 0.00000106. The normalized spacial score (nSPS) is 21.2. The average molecular weight is 236 g/mol. The fraction of sp³-hybridized carbons (Fsp3) is 1.00. The van der Waals surface area contributed by atoms with Crippen molar-refractivity contribution in [1.82, 2.24) is 10.2 Å². The molecule has 0 aliphatic carbocycles. The number of nitrogens with zero attached hydrogens (tertiary/aromatic N) is 1. The number of nitrogens with one attached hydrogen (secondary N) is 1. The number of hydrogen-bond donors (Lipinski definition) is 1.